The molecule has 0 aliphatic carbocycles. The molecule has 0 saturated carbocycles. The second-order valence-electron chi connectivity index (χ2n) is 4.21. The number of aryl methyl sites for hydroxylation is 1. The monoisotopic (exact) mass is 291 g/mol. The zero-order chi connectivity index (χ0) is 13.8. The van der Waals surface area contributed by atoms with Crippen LogP contribution in [-0.4, -0.2) is 9.97 Å². The van der Waals surface area contributed by atoms with E-state index in [2.05, 4.69) is 17.2 Å². The smallest absolute Gasteiger partial charge is 0.104 e. The molecule has 19 heavy (non-hydrogen) atoms. The summed E-state index contributed by atoms with van der Waals surface area (Å²) in [5.41, 5.74) is 9.51. The Kier molecular flexibility index (Phi) is 4.35. The molecule has 1 aromatic heterocycles. The van der Waals surface area contributed by atoms with E-state index < -0.39 is 0 Å². The normalized spacial score (nSPS) is 10.2. The standard InChI is InChI=1S/C14H14ClN3S/c1-9-4-5-17-7-11(9)8-18-13-3-2-10(14(16)19)6-12(13)15/h2-7,18H,8H2,1H3,(H2,16,19). The van der Waals surface area contributed by atoms with Crippen LogP contribution >= 0.6 is 23.8 Å². The van der Waals surface area contributed by atoms with Crippen molar-refractivity contribution >= 4 is 34.5 Å². The molecule has 0 amide bonds. The maximum atomic E-state index is 6.19. The zero-order valence-corrected chi connectivity index (χ0v) is 12.1. The highest BCUT2D eigenvalue weighted by Crippen LogP contribution is 2.23. The predicted molar refractivity (Wildman–Crippen MR) is 83.6 cm³/mol. The van der Waals surface area contributed by atoms with Crippen LogP contribution in [0.25, 0.3) is 0 Å². The van der Waals surface area contributed by atoms with Crippen molar-refractivity contribution in [3.63, 3.8) is 0 Å². The average molecular weight is 292 g/mol. The van der Waals surface area contributed by atoms with Crippen molar-refractivity contribution in [2.24, 2.45) is 5.73 Å². The molecule has 0 fully saturated rings. The van der Waals surface area contributed by atoms with Crippen LogP contribution in [0.3, 0.4) is 0 Å². The number of aromatic nitrogens is 1. The summed E-state index contributed by atoms with van der Waals surface area (Å²) in [6.45, 7) is 2.72. The van der Waals surface area contributed by atoms with Crippen molar-refractivity contribution in [1.82, 2.24) is 4.98 Å². The van der Waals surface area contributed by atoms with E-state index in [0.717, 1.165) is 16.8 Å². The van der Waals surface area contributed by atoms with Gasteiger partial charge in [-0.25, -0.2) is 0 Å². The number of anilines is 1. The Morgan fingerprint density at radius 1 is 1.42 bits per heavy atom. The molecule has 98 valence electrons. The summed E-state index contributed by atoms with van der Waals surface area (Å²) in [4.78, 5) is 4.45. The molecule has 0 spiro atoms. The minimum absolute atomic E-state index is 0.344. The maximum absolute atomic E-state index is 6.19. The van der Waals surface area contributed by atoms with Crippen molar-refractivity contribution < 1.29 is 0 Å². The number of benzene rings is 1. The lowest BCUT2D eigenvalue weighted by Crippen LogP contribution is -2.09. The van der Waals surface area contributed by atoms with E-state index in [1.807, 2.05) is 24.4 Å². The first-order valence-electron chi connectivity index (χ1n) is 5.80. The van der Waals surface area contributed by atoms with Crippen molar-refractivity contribution in [1.29, 1.82) is 0 Å². The number of pyridine rings is 1. The molecule has 0 aliphatic heterocycles. The molecule has 3 N–H and O–H groups in total. The lowest BCUT2D eigenvalue weighted by Gasteiger charge is -2.11. The van der Waals surface area contributed by atoms with Gasteiger partial charge in [0, 0.05) is 24.5 Å². The number of nitrogens with two attached hydrogens (primary N) is 1. The number of rotatable bonds is 4. The largest absolute Gasteiger partial charge is 0.389 e. The molecular formula is C14H14ClN3S. The molecular weight excluding hydrogens is 278 g/mol. The topological polar surface area (TPSA) is 50.9 Å². The third kappa shape index (κ3) is 3.43. The SMILES string of the molecule is Cc1ccncc1CNc1ccc(C(N)=S)cc1Cl. The highest BCUT2D eigenvalue weighted by Gasteiger charge is 2.04. The Balaban J connectivity index is 2.12. The molecule has 1 aromatic carbocycles. The van der Waals surface area contributed by atoms with E-state index in [-0.39, 0.29) is 0 Å². The molecule has 0 aliphatic rings. The molecule has 0 saturated heterocycles. The molecule has 0 atom stereocenters. The predicted octanol–water partition coefficient (Wildman–Crippen LogP) is 3.29. The van der Waals surface area contributed by atoms with Crippen molar-refractivity contribution in [3.05, 3.63) is 58.4 Å². The number of nitrogens with one attached hydrogen (secondary N) is 1. The van der Waals surface area contributed by atoms with Gasteiger partial charge in [-0.2, -0.15) is 0 Å². The van der Waals surface area contributed by atoms with Gasteiger partial charge in [-0.15, -0.1) is 0 Å². The van der Waals surface area contributed by atoms with E-state index in [4.69, 9.17) is 29.6 Å². The van der Waals surface area contributed by atoms with Gasteiger partial charge in [-0.1, -0.05) is 23.8 Å². The Morgan fingerprint density at radius 3 is 2.84 bits per heavy atom. The van der Waals surface area contributed by atoms with E-state index in [1.54, 1.807) is 12.3 Å². The van der Waals surface area contributed by atoms with Crippen LogP contribution in [0.4, 0.5) is 5.69 Å². The van der Waals surface area contributed by atoms with E-state index in [9.17, 15) is 0 Å². The summed E-state index contributed by atoms with van der Waals surface area (Å²) in [6, 6.07) is 7.48. The van der Waals surface area contributed by atoms with Crippen LogP contribution in [0, 0.1) is 6.92 Å². The first-order valence-corrected chi connectivity index (χ1v) is 6.59. The lowest BCUT2D eigenvalue weighted by atomic mass is 10.1. The Bertz CT molecular complexity index is 613. The maximum Gasteiger partial charge on any atom is 0.104 e. The summed E-state index contributed by atoms with van der Waals surface area (Å²) in [5, 5.41) is 3.88. The van der Waals surface area contributed by atoms with Crippen LogP contribution in [-0.2, 0) is 6.54 Å². The molecule has 2 aromatic rings. The van der Waals surface area contributed by atoms with Crippen molar-refractivity contribution in [2.75, 3.05) is 5.32 Å². The summed E-state index contributed by atoms with van der Waals surface area (Å²) < 4.78 is 0. The fourth-order valence-electron chi connectivity index (χ4n) is 1.68. The molecule has 0 unspecified atom stereocenters. The highest BCUT2D eigenvalue weighted by atomic mass is 35.5. The Morgan fingerprint density at radius 2 is 2.21 bits per heavy atom. The molecule has 1 heterocycles. The van der Waals surface area contributed by atoms with Gasteiger partial charge in [0.15, 0.2) is 0 Å². The van der Waals surface area contributed by atoms with Gasteiger partial charge in [0.25, 0.3) is 0 Å². The number of hydrogen-bond acceptors (Lipinski definition) is 3. The third-order valence-corrected chi connectivity index (χ3v) is 3.42. The quantitative estimate of drug-likeness (QED) is 0.849. The number of hydrogen-bond donors (Lipinski definition) is 2. The molecule has 3 nitrogen and oxygen atoms in total. The third-order valence-electron chi connectivity index (χ3n) is 2.87. The van der Waals surface area contributed by atoms with E-state index >= 15 is 0 Å². The van der Waals surface area contributed by atoms with Crippen LogP contribution in [0.15, 0.2) is 36.7 Å². The summed E-state index contributed by atoms with van der Waals surface area (Å²) in [6.07, 6.45) is 3.63. The van der Waals surface area contributed by atoms with Crippen LogP contribution in [0.2, 0.25) is 5.02 Å². The van der Waals surface area contributed by atoms with Gasteiger partial charge < -0.3 is 11.1 Å². The highest BCUT2D eigenvalue weighted by molar-refractivity contribution is 7.80. The zero-order valence-electron chi connectivity index (χ0n) is 10.5. The summed E-state index contributed by atoms with van der Waals surface area (Å²) in [7, 11) is 0. The van der Waals surface area contributed by atoms with Crippen molar-refractivity contribution in [3.8, 4) is 0 Å². The molecule has 0 bridgehead atoms. The average Bonchev–Trinajstić information content (AvgIpc) is 2.39. The van der Waals surface area contributed by atoms with Crippen LogP contribution in [0.1, 0.15) is 16.7 Å². The van der Waals surface area contributed by atoms with Crippen LogP contribution < -0.4 is 11.1 Å². The van der Waals surface area contributed by atoms with E-state index in [0.29, 0.717) is 16.6 Å². The Labute approximate surface area is 122 Å². The van der Waals surface area contributed by atoms with Gasteiger partial charge in [0.1, 0.15) is 4.99 Å². The number of nitrogens with zero attached hydrogens (tertiary/aromatic N) is 1. The fraction of sp³-hybridized carbons (Fsp3) is 0.143. The molecule has 2 rings (SSSR count). The first-order chi connectivity index (χ1) is 9.08. The summed E-state index contributed by atoms with van der Waals surface area (Å²) in [5.74, 6) is 0. The number of halogens is 1. The van der Waals surface area contributed by atoms with Crippen molar-refractivity contribution in [2.45, 2.75) is 13.5 Å². The summed E-state index contributed by atoms with van der Waals surface area (Å²) >= 11 is 11.1. The number of thiocarbonyl (C=S) groups is 1. The Hall–Kier alpha value is -1.65. The van der Waals surface area contributed by atoms with Gasteiger partial charge in [0.2, 0.25) is 0 Å². The van der Waals surface area contributed by atoms with Crippen LogP contribution in [0.5, 0.6) is 0 Å². The van der Waals surface area contributed by atoms with Gasteiger partial charge >= 0.3 is 0 Å². The van der Waals surface area contributed by atoms with Gasteiger partial charge in [-0.05, 0) is 42.3 Å². The molecule has 5 heteroatoms. The van der Waals surface area contributed by atoms with E-state index in [1.165, 1.54) is 5.56 Å². The van der Waals surface area contributed by atoms with Gasteiger partial charge in [-0.3, -0.25) is 4.98 Å². The van der Waals surface area contributed by atoms with Gasteiger partial charge in [0.05, 0.1) is 10.7 Å². The minimum atomic E-state index is 0.344. The fourth-order valence-corrected chi connectivity index (χ4v) is 2.06. The first kappa shape index (κ1) is 13.8. The minimum Gasteiger partial charge on any atom is -0.389 e. The molecule has 0 radical (unpaired) electrons. The second kappa shape index (κ2) is 5.99. The lowest BCUT2D eigenvalue weighted by molar-refractivity contribution is 1.08. The second-order valence-corrected chi connectivity index (χ2v) is 5.06.